The van der Waals surface area contributed by atoms with Crippen LogP contribution in [0.15, 0.2) is 18.2 Å². The van der Waals surface area contributed by atoms with Gasteiger partial charge in [0.2, 0.25) is 0 Å². The largest absolute Gasteiger partial charge is 0.324 e. The molecule has 80 valence electrons. The average Bonchev–Trinajstić information content (AvgIpc) is 3.05. The van der Waals surface area contributed by atoms with Crippen LogP contribution in [0.2, 0.25) is 0 Å². The van der Waals surface area contributed by atoms with Crippen LogP contribution in [0.1, 0.15) is 36.8 Å². The van der Waals surface area contributed by atoms with Crippen molar-refractivity contribution < 1.29 is 4.39 Å². The zero-order valence-electron chi connectivity index (χ0n) is 9.02. The highest BCUT2D eigenvalue weighted by atomic mass is 19.1. The van der Waals surface area contributed by atoms with Crippen LogP contribution in [0, 0.1) is 12.7 Å². The van der Waals surface area contributed by atoms with Crippen LogP contribution in [-0.2, 0) is 5.41 Å². The number of aryl methyl sites for hydroxylation is 1. The molecular weight excluding hydrogens is 189 g/mol. The van der Waals surface area contributed by atoms with Crippen LogP contribution >= 0.6 is 0 Å². The minimum Gasteiger partial charge on any atom is -0.324 e. The van der Waals surface area contributed by atoms with Gasteiger partial charge < -0.3 is 5.73 Å². The molecule has 0 bridgehead atoms. The first kappa shape index (κ1) is 9.34. The quantitative estimate of drug-likeness (QED) is 0.789. The van der Waals surface area contributed by atoms with Crippen molar-refractivity contribution in [3.8, 4) is 0 Å². The summed E-state index contributed by atoms with van der Waals surface area (Å²) in [5, 5.41) is 0. The summed E-state index contributed by atoms with van der Waals surface area (Å²) in [7, 11) is 0. The Morgan fingerprint density at radius 2 is 1.87 bits per heavy atom. The Bertz CT molecular complexity index is 417. The van der Waals surface area contributed by atoms with Crippen molar-refractivity contribution in [2.75, 3.05) is 0 Å². The van der Waals surface area contributed by atoms with Gasteiger partial charge in [-0.15, -0.1) is 0 Å². The Hall–Kier alpha value is -0.890. The fourth-order valence-electron chi connectivity index (χ4n) is 2.75. The van der Waals surface area contributed by atoms with Crippen molar-refractivity contribution in [2.24, 2.45) is 5.73 Å². The molecule has 1 nitrogen and oxygen atoms in total. The second-order valence-electron chi connectivity index (χ2n) is 5.20. The molecule has 0 aromatic heterocycles. The zero-order valence-corrected chi connectivity index (χ0v) is 9.02. The van der Waals surface area contributed by atoms with Crippen molar-refractivity contribution in [1.29, 1.82) is 0 Å². The summed E-state index contributed by atoms with van der Waals surface area (Å²) in [6.07, 6.45) is 4.61. The number of hydrogen-bond donors (Lipinski definition) is 1. The molecule has 3 rings (SSSR count). The third-order valence-corrected chi connectivity index (χ3v) is 4.20. The molecule has 15 heavy (non-hydrogen) atoms. The Labute approximate surface area is 89.5 Å². The molecule has 2 heteroatoms. The van der Waals surface area contributed by atoms with E-state index in [1.165, 1.54) is 18.4 Å². The molecule has 2 N–H and O–H groups in total. The first-order valence-electron chi connectivity index (χ1n) is 5.63. The highest BCUT2D eigenvalue weighted by Gasteiger charge is 2.63. The zero-order chi connectivity index (χ0) is 10.7. The molecule has 0 spiro atoms. The number of benzene rings is 1. The topological polar surface area (TPSA) is 26.0 Å². The lowest BCUT2D eigenvalue weighted by molar-refractivity contribution is 0.501. The van der Waals surface area contributed by atoms with Crippen molar-refractivity contribution >= 4 is 0 Å². The Morgan fingerprint density at radius 3 is 2.33 bits per heavy atom. The van der Waals surface area contributed by atoms with Gasteiger partial charge >= 0.3 is 0 Å². The predicted octanol–water partition coefficient (Wildman–Crippen LogP) is 2.66. The van der Waals surface area contributed by atoms with Crippen LogP contribution in [0.4, 0.5) is 4.39 Å². The molecule has 0 unspecified atom stereocenters. The van der Waals surface area contributed by atoms with Crippen molar-refractivity contribution in [3.63, 3.8) is 0 Å². The minimum absolute atomic E-state index is 0.0251. The summed E-state index contributed by atoms with van der Waals surface area (Å²) in [5.74, 6) is -0.114. The van der Waals surface area contributed by atoms with Gasteiger partial charge in [0, 0.05) is 11.0 Å². The van der Waals surface area contributed by atoms with E-state index in [0.29, 0.717) is 0 Å². The standard InChI is InChI=1S/C13H16FN/c1-9-8-10(2-3-11(9)14)12(4-5-12)13(15)6-7-13/h2-3,8H,4-7,15H2,1H3. The molecule has 0 amide bonds. The molecule has 2 aliphatic rings. The van der Waals surface area contributed by atoms with Gasteiger partial charge in [0.1, 0.15) is 5.82 Å². The highest BCUT2D eigenvalue weighted by molar-refractivity contribution is 5.42. The van der Waals surface area contributed by atoms with Crippen LogP contribution in [0.25, 0.3) is 0 Å². The van der Waals surface area contributed by atoms with E-state index < -0.39 is 0 Å². The van der Waals surface area contributed by atoms with E-state index in [1.54, 1.807) is 6.07 Å². The summed E-state index contributed by atoms with van der Waals surface area (Å²) in [5.41, 5.74) is 8.51. The van der Waals surface area contributed by atoms with Crippen LogP contribution in [-0.4, -0.2) is 5.54 Å². The summed E-state index contributed by atoms with van der Waals surface area (Å²) >= 11 is 0. The van der Waals surface area contributed by atoms with Gasteiger partial charge in [0.05, 0.1) is 0 Å². The van der Waals surface area contributed by atoms with Gasteiger partial charge in [-0.05, 0) is 49.8 Å². The lowest BCUT2D eigenvalue weighted by atomic mass is 9.85. The molecule has 2 fully saturated rings. The molecule has 2 saturated carbocycles. The summed E-state index contributed by atoms with van der Waals surface area (Å²) < 4.78 is 13.2. The van der Waals surface area contributed by atoms with Gasteiger partial charge in [0.15, 0.2) is 0 Å². The third kappa shape index (κ3) is 1.18. The fourth-order valence-corrected chi connectivity index (χ4v) is 2.75. The maximum atomic E-state index is 13.2. The van der Waals surface area contributed by atoms with Gasteiger partial charge in [-0.25, -0.2) is 4.39 Å². The molecule has 0 atom stereocenters. The Kier molecular flexibility index (Phi) is 1.63. The molecule has 0 aliphatic heterocycles. The van der Waals surface area contributed by atoms with Crippen molar-refractivity contribution in [1.82, 2.24) is 0 Å². The van der Waals surface area contributed by atoms with E-state index in [-0.39, 0.29) is 16.8 Å². The number of rotatable bonds is 2. The summed E-state index contributed by atoms with van der Waals surface area (Å²) in [4.78, 5) is 0. The van der Waals surface area contributed by atoms with E-state index in [4.69, 9.17) is 5.73 Å². The SMILES string of the molecule is Cc1cc(C2(C3(N)CC3)CC2)ccc1F. The van der Waals surface area contributed by atoms with E-state index in [0.717, 1.165) is 18.4 Å². The lowest BCUT2D eigenvalue weighted by Gasteiger charge is -2.23. The monoisotopic (exact) mass is 205 g/mol. The maximum Gasteiger partial charge on any atom is 0.126 e. The number of hydrogen-bond acceptors (Lipinski definition) is 1. The van der Waals surface area contributed by atoms with E-state index in [2.05, 4.69) is 0 Å². The number of nitrogens with two attached hydrogens (primary N) is 1. The second kappa shape index (κ2) is 2.62. The summed E-state index contributed by atoms with van der Waals surface area (Å²) in [6.45, 7) is 1.82. The molecule has 2 aliphatic carbocycles. The van der Waals surface area contributed by atoms with Crippen LogP contribution in [0.5, 0.6) is 0 Å². The van der Waals surface area contributed by atoms with E-state index in [1.807, 2.05) is 19.1 Å². The molecule has 0 saturated heterocycles. The Balaban J connectivity index is 2.03. The molecular formula is C13H16FN. The minimum atomic E-state index is -0.114. The van der Waals surface area contributed by atoms with Crippen molar-refractivity contribution in [3.05, 3.63) is 35.1 Å². The van der Waals surface area contributed by atoms with Crippen LogP contribution in [0.3, 0.4) is 0 Å². The van der Waals surface area contributed by atoms with Gasteiger partial charge in [-0.3, -0.25) is 0 Å². The van der Waals surface area contributed by atoms with E-state index >= 15 is 0 Å². The average molecular weight is 205 g/mol. The van der Waals surface area contributed by atoms with Crippen molar-refractivity contribution in [2.45, 2.75) is 43.6 Å². The maximum absolute atomic E-state index is 13.2. The molecule has 1 aromatic rings. The third-order valence-electron chi connectivity index (χ3n) is 4.20. The smallest absolute Gasteiger partial charge is 0.126 e. The normalized spacial score (nSPS) is 25.0. The molecule has 1 aromatic carbocycles. The number of halogens is 1. The molecule has 0 heterocycles. The fraction of sp³-hybridized carbons (Fsp3) is 0.538. The lowest BCUT2D eigenvalue weighted by Crippen LogP contribution is -2.37. The second-order valence-corrected chi connectivity index (χ2v) is 5.20. The highest BCUT2D eigenvalue weighted by Crippen LogP contribution is 2.63. The first-order chi connectivity index (χ1) is 7.07. The summed E-state index contributed by atoms with van der Waals surface area (Å²) in [6, 6.07) is 5.48. The van der Waals surface area contributed by atoms with Crippen LogP contribution < -0.4 is 5.73 Å². The van der Waals surface area contributed by atoms with Gasteiger partial charge in [-0.1, -0.05) is 12.1 Å². The predicted molar refractivity (Wildman–Crippen MR) is 58.2 cm³/mol. The molecule has 0 radical (unpaired) electrons. The Morgan fingerprint density at radius 1 is 1.20 bits per heavy atom. The first-order valence-corrected chi connectivity index (χ1v) is 5.63. The van der Waals surface area contributed by atoms with Gasteiger partial charge in [0.25, 0.3) is 0 Å². The van der Waals surface area contributed by atoms with Gasteiger partial charge in [-0.2, -0.15) is 0 Å². The van der Waals surface area contributed by atoms with E-state index in [9.17, 15) is 4.39 Å².